The molecule has 4 rings (SSSR count). The van der Waals surface area contributed by atoms with Crippen LogP contribution in [0.4, 0.5) is 10.8 Å². The van der Waals surface area contributed by atoms with Gasteiger partial charge in [-0.3, -0.25) is 9.69 Å². The highest BCUT2D eigenvalue weighted by atomic mass is 32.2. The molecule has 3 aromatic rings. The Morgan fingerprint density at radius 1 is 1.06 bits per heavy atom. The quantitative estimate of drug-likeness (QED) is 0.519. The van der Waals surface area contributed by atoms with E-state index in [2.05, 4.69) is 44.7 Å². The summed E-state index contributed by atoms with van der Waals surface area (Å²) in [6, 6.07) is 18.1. The van der Waals surface area contributed by atoms with Crippen molar-refractivity contribution in [1.29, 1.82) is 0 Å². The second-order valence-electron chi connectivity index (χ2n) is 7.16. The molecule has 2 aromatic carbocycles. The molecule has 0 atom stereocenters. The van der Waals surface area contributed by atoms with E-state index >= 15 is 0 Å². The molecular weight excluding hydrogens is 430 g/mol. The van der Waals surface area contributed by atoms with Gasteiger partial charge in [0.2, 0.25) is 11.0 Å². The summed E-state index contributed by atoms with van der Waals surface area (Å²) in [6.45, 7) is 4.28. The third kappa shape index (κ3) is 6.19. The minimum Gasteiger partial charge on any atom is -0.497 e. The lowest BCUT2D eigenvalue weighted by Gasteiger charge is -2.34. The molecule has 0 radical (unpaired) electrons. The number of benzene rings is 2. The number of carbonyl (C=O) groups excluding carboxylic acids is 1. The SMILES string of the molecule is COc1ccc(Nc2nnc(SCC(=O)N3CCN(Cc4ccccc4)CC3)s2)cc1. The number of ether oxygens (including phenoxy) is 1. The molecular formula is C22H25N5O2S2. The number of hydrogen-bond donors (Lipinski definition) is 1. The number of rotatable bonds is 8. The lowest BCUT2D eigenvalue weighted by molar-refractivity contribution is -0.130. The third-order valence-electron chi connectivity index (χ3n) is 5.04. The predicted octanol–water partition coefficient (Wildman–Crippen LogP) is 3.73. The van der Waals surface area contributed by atoms with Gasteiger partial charge in [-0.15, -0.1) is 10.2 Å². The minimum atomic E-state index is 0.157. The van der Waals surface area contributed by atoms with Crippen molar-refractivity contribution >= 4 is 39.8 Å². The Hall–Kier alpha value is -2.62. The van der Waals surface area contributed by atoms with Crippen molar-refractivity contribution in [3.63, 3.8) is 0 Å². The number of nitrogens with zero attached hydrogens (tertiary/aromatic N) is 4. The average molecular weight is 456 g/mol. The topological polar surface area (TPSA) is 70.6 Å². The summed E-state index contributed by atoms with van der Waals surface area (Å²) < 4.78 is 5.95. The first-order chi connectivity index (χ1) is 15.2. The molecule has 1 N–H and O–H groups in total. The van der Waals surface area contributed by atoms with Gasteiger partial charge in [-0.05, 0) is 29.8 Å². The van der Waals surface area contributed by atoms with Crippen molar-refractivity contribution in [2.24, 2.45) is 0 Å². The molecule has 0 unspecified atom stereocenters. The Bertz CT molecular complexity index is 973. The Morgan fingerprint density at radius 2 is 1.81 bits per heavy atom. The van der Waals surface area contributed by atoms with E-state index in [4.69, 9.17) is 4.74 Å². The number of thioether (sulfide) groups is 1. The van der Waals surface area contributed by atoms with Gasteiger partial charge in [0, 0.05) is 38.4 Å². The molecule has 0 spiro atoms. The summed E-state index contributed by atoms with van der Waals surface area (Å²) >= 11 is 2.89. The fraction of sp³-hybridized carbons (Fsp3) is 0.318. The summed E-state index contributed by atoms with van der Waals surface area (Å²) in [5.74, 6) is 1.35. The van der Waals surface area contributed by atoms with E-state index in [9.17, 15) is 4.79 Å². The smallest absolute Gasteiger partial charge is 0.233 e. The van der Waals surface area contributed by atoms with Gasteiger partial charge in [0.1, 0.15) is 5.75 Å². The van der Waals surface area contributed by atoms with Gasteiger partial charge < -0.3 is 15.0 Å². The van der Waals surface area contributed by atoms with Crippen molar-refractivity contribution in [3.8, 4) is 5.75 Å². The highest BCUT2D eigenvalue weighted by Gasteiger charge is 2.21. The van der Waals surface area contributed by atoms with Crippen LogP contribution in [0.25, 0.3) is 0 Å². The van der Waals surface area contributed by atoms with Gasteiger partial charge in [0.25, 0.3) is 0 Å². The maximum atomic E-state index is 12.6. The molecule has 9 heteroatoms. The number of amides is 1. The number of aromatic nitrogens is 2. The van der Waals surface area contributed by atoms with E-state index in [1.807, 2.05) is 35.2 Å². The first kappa shape index (κ1) is 21.6. The maximum absolute atomic E-state index is 12.6. The monoisotopic (exact) mass is 455 g/mol. The van der Waals surface area contributed by atoms with E-state index in [1.165, 1.54) is 28.7 Å². The normalized spacial score (nSPS) is 14.4. The van der Waals surface area contributed by atoms with E-state index in [0.29, 0.717) is 10.9 Å². The van der Waals surface area contributed by atoms with Crippen LogP contribution in [0.15, 0.2) is 58.9 Å². The Kier molecular flexibility index (Phi) is 7.39. The Balaban J connectivity index is 1.20. The van der Waals surface area contributed by atoms with Crippen LogP contribution in [0.2, 0.25) is 0 Å². The zero-order chi connectivity index (χ0) is 21.5. The summed E-state index contributed by atoms with van der Waals surface area (Å²) in [5, 5.41) is 12.3. The third-order valence-corrected chi connectivity index (χ3v) is 7.00. The van der Waals surface area contributed by atoms with Gasteiger partial charge in [0.05, 0.1) is 12.9 Å². The lowest BCUT2D eigenvalue weighted by atomic mass is 10.2. The lowest BCUT2D eigenvalue weighted by Crippen LogP contribution is -2.48. The molecule has 2 heterocycles. The first-order valence-corrected chi connectivity index (χ1v) is 11.9. The van der Waals surface area contributed by atoms with Crippen LogP contribution in [-0.2, 0) is 11.3 Å². The van der Waals surface area contributed by atoms with Gasteiger partial charge in [0.15, 0.2) is 4.34 Å². The molecule has 1 fully saturated rings. The van der Waals surface area contributed by atoms with Crippen molar-refractivity contribution in [3.05, 3.63) is 60.2 Å². The van der Waals surface area contributed by atoms with Crippen molar-refractivity contribution in [2.75, 3.05) is 44.4 Å². The van der Waals surface area contributed by atoms with Gasteiger partial charge in [-0.2, -0.15) is 0 Å². The summed E-state index contributed by atoms with van der Waals surface area (Å²) in [4.78, 5) is 17.0. The molecule has 1 aliphatic rings. The standard InChI is InChI=1S/C22H25N5O2S2/c1-29-19-9-7-18(8-10-19)23-21-24-25-22(31-21)30-16-20(28)27-13-11-26(12-14-27)15-17-5-3-2-4-6-17/h2-10H,11-16H2,1H3,(H,23,24). The van der Waals surface area contributed by atoms with E-state index in [-0.39, 0.29) is 5.91 Å². The number of anilines is 2. The number of hydrogen-bond acceptors (Lipinski definition) is 8. The number of methoxy groups -OCH3 is 1. The van der Waals surface area contributed by atoms with Gasteiger partial charge >= 0.3 is 0 Å². The molecule has 1 aromatic heterocycles. The van der Waals surface area contributed by atoms with E-state index in [0.717, 1.165) is 48.5 Å². The average Bonchev–Trinajstić information content (AvgIpc) is 3.26. The summed E-state index contributed by atoms with van der Waals surface area (Å²) in [6.07, 6.45) is 0. The molecule has 0 aliphatic carbocycles. The predicted molar refractivity (Wildman–Crippen MR) is 125 cm³/mol. The van der Waals surface area contributed by atoms with Crippen LogP contribution in [0.1, 0.15) is 5.56 Å². The summed E-state index contributed by atoms with van der Waals surface area (Å²) in [7, 11) is 1.64. The molecule has 1 aliphatic heterocycles. The number of carbonyl (C=O) groups is 1. The first-order valence-electron chi connectivity index (χ1n) is 10.1. The minimum absolute atomic E-state index is 0.157. The van der Waals surface area contributed by atoms with Crippen LogP contribution in [0.5, 0.6) is 5.75 Å². The Morgan fingerprint density at radius 3 is 2.52 bits per heavy atom. The Labute approximate surface area is 190 Å². The zero-order valence-corrected chi connectivity index (χ0v) is 19.0. The molecule has 0 saturated carbocycles. The van der Waals surface area contributed by atoms with Crippen molar-refractivity contribution < 1.29 is 9.53 Å². The van der Waals surface area contributed by atoms with Crippen molar-refractivity contribution in [1.82, 2.24) is 20.0 Å². The number of nitrogens with one attached hydrogen (secondary N) is 1. The summed E-state index contributed by atoms with van der Waals surface area (Å²) in [5.41, 5.74) is 2.23. The molecule has 1 amide bonds. The van der Waals surface area contributed by atoms with Gasteiger partial charge in [-0.1, -0.05) is 53.4 Å². The van der Waals surface area contributed by atoms with Crippen LogP contribution in [0.3, 0.4) is 0 Å². The number of piperazine rings is 1. The largest absolute Gasteiger partial charge is 0.497 e. The highest BCUT2D eigenvalue weighted by molar-refractivity contribution is 8.01. The van der Waals surface area contributed by atoms with Crippen molar-refractivity contribution in [2.45, 2.75) is 10.9 Å². The molecule has 1 saturated heterocycles. The fourth-order valence-electron chi connectivity index (χ4n) is 3.33. The zero-order valence-electron chi connectivity index (χ0n) is 17.4. The fourth-order valence-corrected chi connectivity index (χ4v) is 5.00. The van der Waals surface area contributed by atoms with E-state index < -0.39 is 0 Å². The second-order valence-corrected chi connectivity index (χ2v) is 9.36. The molecule has 162 valence electrons. The van der Waals surface area contributed by atoms with E-state index in [1.54, 1.807) is 7.11 Å². The van der Waals surface area contributed by atoms with Crippen LogP contribution in [0, 0.1) is 0 Å². The molecule has 31 heavy (non-hydrogen) atoms. The maximum Gasteiger partial charge on any atom is 0.233 e. The molecule has 7 nitrogen and oxygen atoms in total. The highest BCUT2D eigenvalue weighted by Crippen LogP contribution is 2.28. The van der Waals surface area contributed by atoms with Crippen LogP contribution >= 0.6 is 23.1 Å². The van der Waals surface area contributed by atoms with Crippen LogP contribution in [-0.4, -0.2) is 64.9 Å². The van der Waals surface area contributed by atoms with Crippen LogP contribution < -0.4 is 10.1 Å². The molecule has 0 bridgehead atoms. The van der Waals surface area contributed by atoms with Gasteiger partial charge in [-0.25, -0.2) is 0 Å². The second kappa shape index (κ2) is 10.6.